The number of rotatable bonds is 7. The number of carbonyl (C=O) groups is 2. The van der Waals surface area contributed by atoms with Gasteiger partial charge >= 0.3 is 6.18 Å². The molecule has 1 heterocycles. The van der Waals surface area contributed by atoms with Crippen molar-refractivity contribution in [2.24, 2.45) is 0 Å². The predicted molar refractivity (Wildman–Crippen MR) is 120 cm³/mol. The average Bonchev–Trinajstić information content (AvgIpc) is 3.33. The molecule has 2 amide bonds. The van der Waals surface area contributed by atoms with E-state index in [2.05, 4.69) is 10.6 Å². The Morgan fingerprint density at radius 1 is 0.914 bits per heavy atom. The lowest BCUT2D eigenvalue weighted by Gasteiger charge is -2.16. The number of amides is 2. The van der Waals surface area contributed by atoms with Gasteiger partial charge in [-0.2, -0.15) is 13.2 Å². The number of alkyl halides is 3. The van der Waals surface area contributed by atoms with Gasteiger partial charge in [0.05, 0.1) is 12.2 Å². The number of aliphatic hydroxyl groups excluding tert-OH is 1. The molecule has 0 saturated carbocycles. The van der Waals surface area contributed by atoms with Crippen LogP contribution in [-0.4, -0.2) is 36.4 Å². The normalized spacial score (nSPS) is 13.3. The number of aliphatic hydroxyl groups is 1. The molecule has 1 aliphatic rings. The van der Waals surface area contributed by atoms with Crippen LogP contribution < -0.4 is 20.1 Å². The fourth-order valence-electron chi connectivity index (χ4n) is 3.46. The van der Waals surface area contributed by atoms with E-state index < -0.39 is 36.2 Å². The lowest BCUT2D eigenvalue weighted by Crippen LogP contribution is -2.48. The Morgan fingerprint density at radius 2 is 1.54 bits per heavy atom. The summed E-state index contributed by atoms with van der Waals surface area (Å²) in [6, 6.07) is 14.9. The molecule has 3 aromatic carbocycles. The van der Waals surface area contributed by atoms with Gasteiger partial charge in [-0.25, -0.2) is 0 Å². The fraction of sp³-hybridized carbons (Fsp3) is 0.200. The van der Waals surface area contributed by atoms with E-state index in [0.29, 0.717) is 22.6 Å². The zero-order chi connectivity index (χ0) is 25.0. The number of halogens is 3. The zero-order valence-electron chi connectivity index (χ0n) is 18.3. The number of carbonyl (C=O) groups excluding carboxylic acids is 2. The molecule has 7 nitrogen and oxygen atoms in total. The summed E-state index contributed by atoms with van der Waals surface area (Å²) in [5, 5.41) is 14.7. The van der Waals surface area contributed by atoms with E-state index in [0.717, 1.165) is 17.7 Å². The number of hydrogen-bond acceptors (Lipinski definition) is 5. The minimum absolute atomic E-state index is 0.134. The topological polar surface area (TPSA) is 96.9 Å². The lowest BCUT2D eigenvalue weighted by molar-refractivity contribution is -0.137. The number of benzene rings is 3. The predicted octanol–water partition coefficient (Wildman–Crippen LogP) is 3.51. The van der Waals surface area contributed by atoms with Gasteiger partial charge in [0.1, 0.15) is 6.04 Å². The second kappa shape index (κ2) is 10.1. The zero-order valence-corrected chi connectivity index (χ0v) is 18.3. The molecule has 0 unspecified atom stereocenters. The first kappa shape index (κ1) is 24.1. The SMILES string of the molecule is O=C(N[C@@H](CO)C(=O)NCc1ccc2c(c1)OCO2)c1ccc(-c2ccc(C(F)(F)F)cc2)cc1. The molecular weight excluding hydrogens is 465 g/mol. The van der Waals surface area contributed by atoms with Crippen molar-refractivity contribution in [1.82, 2.24) is 10.6 Å². The van der Waals surface area contributed by atoms with E-state index in [9.17, 15) is 27.9 Å². The first-order valence-electron chi connectivity index (χ1n) is 10.6. The Morgan fingerprint density at radius 3 is 2.17 bits per heavy atom. The molecular formula is C25H21F3N2O5. The Kier molecular flexibility index (Phi) is 6.92. The summed E-state index contributed by atoms with van der Waals surface area (Å²) < 4.78 is 48.7. The largest absolute Gasteiger partial charge is 0.454 e. The second-order valence-electron chi connectivity index (χ2n) is 7.77. The maximum absolute atomic E-state index is 12.7. The van der Waals surface area contributed by atoms with Crippen molar-refractivity contribution in [3.63, 3.8) is 0 Å². The van der Waals surface area contributed by atoms with Crippen molar-refractivity contribution in [2.75, 3.05) is 13.4 Å². The molecule has 1 aliphatic heterocycles. The van der Waals surface area contributed by atoms with Crippen LogP contribution in [0.5, 0.6) is 11.5 Å². The van der Waals surface area contributed by atoms with Crippen LogP contribution >= 0.6 is 0 Å². The highest BCUT2D eigenvalue weighted by molar-refractivity contribution is 5.98. The number of hydrogen-bond donors (Lipinski definition) is 3. The van der Waals surface area contributed by atoms with Gasteiger partial charge in [0.2, 0.25) is 12.7 Å². The van der Waals surface area contributed by atoms with Crippen LogP contribution in [0.3, 0.4) is 0 Å². The average molecular weight is 486 g/mol. The second-order valence-corrected chi connectivity index (χ2v) is 7.77. The van der Waals surface area contributed by atoms with Gasteiger partial charge < -0.3 is 25.2 Å². The van der Waals surface area contributed by atoms with E-state index in [1.807, 2.05) is 0 Å². The summed E-state index contributed by atoms with van der Waals surface area (Å²) in [5.41, 5.74) is 1.41. The minimum atomic E-state index is -4.42. The smallest absolute Gasteiger partial charge is 0.416 e. The minimum Gasteiger partial charge on any atom is -0.454 e. The van der Waals surface area contributed by atoms with Gasteiger partial charge in [-0.3, -0.25) is 9.59 Å². The highest BCUT2D eigenvalue weighted by atomic mass is 19.4. The van der Waals surface area contributed by atoms with Crippen molar-refractivity contribution < 1.29 is 37.3 Å². The van der Waals surface area contributed by atoms with Crippen LogP contribution in [0, 0.1) is 0 Å². The van der Waals surface area contributed by atoms with Gasteiger partial charge in [-0.15, -0.1) is 0 Å². The van der Waals surface area contributed by atoms with Gasteiger partial charge in [0.25, 0.3) is 5.91 Å². The number of fused-ring (bicyclic) bond motifs is 1. The molecule has 3 N–H and O–H groups in total. The molecule has 0 saturated heterocycles. The molecule has 0 aliphatic carbocycles. The molecule has 0 fully saturated rings. The Hall–Kier alpha value is -4.05. The Balaban J connectivity index is 1.34. The molecule has 1 atom stereocenters. The van der Waals surface area contributed by atoms with E-state index in [1.54, 1.807) is 30.3 Å². The lowest BCUT2D eigenvalue weighted by atomic mass is 10.0. The van der Waals surface area contributed by atoms with Crippen LogP contribution in [0.15, 0.2) is 66.7 Å². The van der Waals surface area contributed by atoms with E-state index in [4.69, 9.17) is 9.47 Å². The van der Waals surface area contributed by atoms with E-state index in [-0.39, 0.29) is 18.9 Å². The van der Waals surface area contributed by atoms with Gasteiger partial charge in [0, 0.05) is 12.1 Å². The third kappa shape index (κ3) is 5.72. The fourth-order valence-corrected chi connectivity index (χ4v) is 3.46. The molecule has 182 valence electrons. The van der Waals surface area contributed by atoms with Crippen LogP contribution in [0.4, 0.5) is 13.2 Å². The highest BCUT2D eigenvalue weighted by Gasteiger charge is 2.30. The molecule has 0 radical (unpaired) electrons. The molecule has 0 spiro atoms. The third-order valence-electron chi connectivity index (χ3n) is 5.40. The molecule has 3 aromatic rings. The summed E-state index contributed by atoms with van der Waals surface area (Å²) in [7, 11) is 0. The van der Waals surface area contributed by atoms with Crippen LogP contribution in [-0.2, 0) is 17.5 Å². The maximum atomic E-state index is 12.7. The quantitative estimate of drug-likeness (QED) is 0.475. The van der Waals surface area contributed by atoms with Gasteiger partial charge in [-0.05, 0) is 53.1 Å². The first-order chi connectivity index (χ1) is 16.7. The van der Waals surface area contributed by atoms with Gasteiger partial charge in [-0.1, -0.05) is 30.3 Å². The third-order valence-corrected chi connectivity index (χ3v) is 5.40. The highest BCUT2D eigenvalue weighted by Crippen LogP contribution is 2.32. The Labute approximate surface area is 198 Å². The number of ether oxygens (including phenoxy) is 2. The summed E-state index contributed by atoms with van der Waals surface area (Å²) in [6.45, 7) is -0.318. The number of nitrogens with one attached hydrogen (secondary N) is 2. The molecule has 10 heteroatoms. The van der Waals surface area contributed by atoms with Crippen LogP contribution in [0.25, 0.3) is 11.1 Å². The van der Waals surface area contributed by atoms with Crippen LogP contribution in [0.1, 0.15) is 21.5 Å². The monoisotopic (exact) mass is 486 g/mol. The maximum Gasteiger partial charge on any atom is 0.416 e. The summed E-state index contributed by atoms with van der Waals surface area (Å²) in [4.78, 5) is 25.0. The summed E-state index contributed by atoms with van der Waals surface area (Å²) >= 11 is 0. The first-order valence-corrected chi connectivity index (χ1v) is 10.6. The van der Waals surface area contributed by atoms with E-state index >= 15 is 0 Å². The van der Waals surface area contributed by atoms with Crippen molar-refractivity contribution in [1.29, 1.82) is 0 Å². The van der Waals surface area contributed by atoms with Crippen molar-refractivity contribution in [3.8, 4) is 22.6 Å². The van der Waals surface area contributed by atoms with Crippen molar-refractivity contribution in [2.45, 2.75) is 18.8 Å². The molecule has 35 heavy (non-hydrogen) atoms. The summed E-state index contributed by atoms with van der Waals surface area (Å²) in [5.74, 6) is 0.0366. The van der Waals surface area contributed by atoms with Gasteiger partial charge in [0.15, 0.2) is 11.5 Å². The van der Waals surface area contributed by atoms with Crippen molar-refractivity contribution in [3.05, 3.63) is 83.4 Å². The standard InChI is InChI=1S/C25H21F3N2O5/c26-25(27,28)19-8-6-17(7-9-19)16-2-4-18(5-3-16)23(32)30-20(13-31)24(33)29-12-15-1-10-21-22(11-15)35-14-34-21/h1-11,20,31H,12-14H2,(H,29,33)(H,30,32)/t20-/m0/s1. The van der Waals surface area contributed by atoms with Crippen molar-refractivity contribution >= 4 is 11.8 Å². The summed E-state index contributed by atoms with van der Waals surface area (Å²) in [6.07, 6.45) is -4.42. The van der Waals surface area contributed by atoms with Crippen LogP contribution in [0.2, 0.25) is 0 Å². The molecule has 0 bridgehead atoms. The molecule has 4 rings (SSSR count). The molecule has 0 aromatic heterocycles. The Bertz CT molecular complexity index is 1210. The van der Waals surface area contributed by atoms with E-state index in [1.165, 1.54) is 24.3 Å².